The second kappa shape index (κ2) is 13.1. The lowest BCUT2D eigenvalue weighted by molar-refractivity contribution is 0.0922. The van der Waals surface area contributed by atoms with Crippen molar-refractivity contribution in [2.75, 3.05) is 47.7 Å². The maximum atomic E-state index is 12.6. The van der Waals surface area contributed by atoms with E-state index in [4.69, 9.17) is 23.7 Å². The fraction of sp³-hybridized carbons (Fsp3) is 0.391. The van der Waals surface area contributed by atoms with Gasteiger partial charge in [-0.3, -0.25) is 10.1 Å². The molecule has 2 aromatic rings. The number of carbonyl (C=O) groups excluding carboxylic acids is 1. The van der Waals surface area contributed by atoms with Gasteiger partial charge in [-0.1, -0.05) is 6.07 Å². The van der Waals surface area contributed by atoms with E-state index in [1.807, 2.05) is 25.1 Å². The molecule has 0 saturated heterocycles. The van der Waals surface area contributed by atoms with Gasteiger partial charge in [0.2, 0.25) is 0 Å². The SMILES string of the molecule is CCOCCOC(=NCCc1ccc(OC)c(OC)c1)NC(=O)c1ccc(OC)cc1. The minimum Gasteiger partial charge on any atom is -0.497 e. The van der Waals surface area contributed by atoms with Crippen molar-refractivity contribution in [2.45, 2.75) is 13.3 Å². The first-order valence-electron chi connectivity index (χ1n) is 10.0. The minimum atomic E-state index is -0.316. The van der Waals surface area contributed by atoms with Gasteiger partial charge in [-0.2, -0.15) is 0 Å². The Labute approximate surface area is 183 Å². The molecule has 0 aliphatic heterocycles. The molecule has 2 rings (SSSR count). The molecule has 0 atom stereocenters. The second-order valence-corrected chi connectivity index (χ2v) is 6.35. The van der Waals surface area contributed by atoms with E-state index in [9.17, 15) is 4.79 Å². The molecule has 0 aliphatic carbocycles. The fourth-order valence-electron chi connectivity index (χ4n) is 2.70. The number of rotatable bonds is 11. The topological polar surface area (TPSA) is 87.6 Å². The standard InChI is InChI=1S/C23H30N2O6/c1-5-30-14-15-31-23(25-22(26)18-7-9-19(27-2)10-8-18)24-13-12-17-6-11-20(28-3)21(16-17)29-4/h6-11,16H,5,12-15H2,1-4H3,(H,24,25,26). The first kappa shape index (κ1) is 24.0. The largest absolute Gasteiger partial charge is 0.497 e. The van der Waals surface area contributed by atoms with E-state index >= 15 is 0 Å². The van der Waals surface area contributed by atoms with E-state index in [1.165, 1.54) is 0 Å². The van der Waals surface area contributed by atoms with Crippen LogP contribution in [0.1, 0.15) is 22.8 Å². The molecule has 0 heterocycles. The lowest BCUT2D eigenvalue weighted by Gasteiger charge is -2.12. The Balaban J connectivity index is 2.03. The number of nitrogens with zero attached hydrogens (tertiary/aromatic N) is 1. The number of benzene rings is 2. The van der Waals surface area contributed by atoms with E-state index in [-0.39, 0.29) is 18.5 Å². The van der Waals surface area contributed by atoms with Crippen LogP contribution in [0.2, 0.25) is 0 Å². The molecule has 8 nitrogen and oxygen atoms in total. The number of amidine groups is 1. The Hall–Kier alpha value is -3.26. The summed E-state index contributed by atoms with van der Waals surface area (Å²) in [5, 5.41) is 2.72. The van der Waals surface area contributed by atoms with Crippen molar-refractivity contribution in [1.29, 1.82) is 0 Å². The molecule has 0 unspecified atom stereocenters. The molecule has 1 N–H and O–H groups in total. The molecule has 31 heavy (non-hydrogen) atoms. The van der Waals surface area contributed by atoms with Gasteiger partial charge in [0, 0.05) is 18.7 Å². The van der Waals surface area contributed by atoms with Crippen LogP contribution in [0.15, 0.2) is 47.5 Å². The average Bonchev–Trinajstić information content (AvgIpc) is 2.81. The zero-order valence-electron chi connectivity index (χ0n) is 18.5. The van der Waals surface area contributed by atoms with Gasteiger partial charge in [-0.05, 0) is 55.3 Å². The third-order valence-corrected chi connectivity index (χ3v) is 4.35. The Bertz CT molecular complexity index is 852. The van der Waals surface area contributed by atoms with Crippen molar-refractivity contribution < 1.29 is 28.5 Å². The van der Waals surface area contributed by atoms with Crippen molar-refractivity contribution in [3.63, 3.8) is 0 Å². The highest BCUT2D eigenvalue weighted by molar-refractivity contribution is 6.04. The lowest BCUT2D eigenvalue weighted by atomic mass is 10.1. The maximum Gasteiger partial charge on any atom is 0.291 e. The first-order valence-corrected chi connectivity index (χ1v) is 10.0. The van der Waals surface area contributed by atoms with Gasteiger partial charge in [0.25, 0.3) is 11.9 Å². The second-order valence-electron chi connectivity index (χ2n) is 6.35. The zero-order chi connectivity index (χ0) is 22.5. The van der Waals surface area contributed by atoms with E-state index in [1.54, 1.807) is 45.6 Å². The van der Waals surface area contributed by atoms with Crippen molar-refractivity contribution >= 4 is 11.9 Å². The van der Waals surface area contributed by atoms with Gasteiger partial charge in [0.1, 0.15) is 12.4 Å². The summed E-state index contributed by atoms with van der Waals surface area (Å²) in [5.41, 5.74) is 1.50. The van der Waals surface area contributed by atoms with Crippen LogP contribution in [0.4, 0.5) is 0 Å². The molecule has 1 amide bonds. The van der Waals surface area contributed by atoms with Gasteiger partial charge < -0.3 is 23.7 Å². The molecule has 0 radical (unpaired) electrons. The summed E-state index contributed by atoms with van der Waals surface area (Å²) >= 11 is 0. The van der Waals surface area contributed by atoms with Crippen LogP contribution >= 0.6 is 0 Å². The van der Waals surface area contributed by atoms with Crippen molar-refractivity contribution in [2.24, 2.45) is 4.99 Å². The van der Waals surface area contributed by atoms with E-state index in [0.717, 1.165) is 5.56 Å². The van der Waals surface area contributed by atoms with Gasteiger partial charge in [-0.15, -0.1) is 0 Å². The van der Waals surface area contributed by atoms with Crippen LogP contribution in [0.25, 0.3) is 0 Å². The number of methoxy groups -OCH3 is 3. The summed E-state index contributed by atoms with van der Waals surface area (Å²) in [7, 11) is 4.77. The highest BCUT2D eigenvalue weighted by atomic mass is 16.5. The van der Waals surface area contributed by atoms with Crippen LogP contribution in [0.5, 0.6) is 17.2 Å². The molecule has 0 spiro atoms. The van der Waals surface area contributed by atoms with Crippen LogP contribution in [0.3, 0.4) is 0 Å². The van der Waals surface area contributed by atoms with Gasteiger partial charge >= 0.3 is 0 Å². The van der Waals surface area contributed by atoms with Crippen LogP contribution < -0.4 is 19.5 Å². The summed E-state index contributed by atoms with van der Waals surface area (Å²) in [6, 6.07) is 12.6. The number of nitrogens with one attached hydrogen (secondary N) is 1. The Kier molecular flexibility index (Phi) is 10.2. The highest BCUT2D eigenvalue weighted by Crippen LogP contribution is 2.27. The number of hydrogen-bond donors (Lipinski definition) is 1. The van der Waals surface area contributed by atoms with Gasteiger partial charge in [0.05, 0.1) is 27.9 Å². The van der Waals surface area contributed by atoms with Crippen molar-refractivity contribution in [3.05, 3.63) is 53.6 Å². The quantitative estimate of drug-likeness (QED) is 0.335. The normalized spacial score (nSPS) is 11.0. The predicted octanol–water partition coefficient (Wildman–Crippen LogP) is 3.09. The molecule has 0 aromatic heterocycles. The number of carbonyl (C=O) groups is 1. The first-order chi connectivity index (χ1) is 15.1. The summed E-state index contributed by atoms with van der Waals surface area (Å²) in [4.78, 5) is 17.0. The molecule has 0 aliphatic rings. The highest BCUT2D eigenvalue weighted by Gasteiger charge is 2.11. The Morgan fingerprint density at radius 1 is 0.935 bits per heavy atom. The summed E-state index contributed by atoms with van der Waals surface area (Å²) < 4.78 is 26.6. The zero-order valence-corrected chi connectivity index (χ0v) is 18.5. The molecular formula is C23H30N2O6. The summed E-state index contributed by atoms with van der Waals surface area (Å²) in [6.45, 7) is 3.61. The Morgan fingerprint density at radius 3 is 2.32 bits per heavy atom. The smallest absolute Gasteiger partial charge is 0.291 e. The predicted molar refractivity (Wildman–Crippen MR) is 118 cm³/mol. The van der Waals surface area contributed by atoms with Crippen LogP contribution in [-0.2, 0) is 15.9 Å². The van der Waals surface area contributed by atoms with Crippen molar-refractivity contribution in [1.82, 2.24) is 5.32 Å². The molecule has 0 bridgehead atoms. The monoisotopic (exact) mass is 430 g/mol. The molecular weight excluding hydrogens is 400 g/mol. The Morgan fingerprint density at radius 2 is 1.68 bits per heavy atom. The number of amides is 1. The molecule has 0 fully saturated rings. The maximum absolute atomic E-state index is 12.6. The van der Waals surface area contributed by atoms with Crippen molar-refractivity contribution in [3.8, 4) is 17.2 Å². The van der Waals surface area contributed by atoms with E-state index in [0.29, 0.717) is 49.0 Å². The third-order valence-electron chi connectivity index (χ3n) is 4.35. The number of hydrogen-bond acceptors (Lipinski definition) is 7. The number of ether oxygens (including phenoxy) is 5. The summed E-state index contributed by atoms with van der Waals surface area (Å²) in [6.07, 6.45) is 0.636. The fourth-order valence-corrected chi connectivity index (χ4v) is 2.70. The molecule has 168 valence electrons. The van der Waals surface area contributed by atoms with E-state index < -0.39 is 0 Å². The molecule has 2 aromatic carbocycles. The van der Waals surface area contributed by atoms with Crippen LogP contribution in [0, 0.1) is 0 Å². The average molecular weight is 431 g/mol. The lowest BCUT2D eigenvalue weighted by Crippen LogP contribution is -2.33. The van der Waals surface area contributed by atoms with Gasteiger partial charge in [-0.25, -0.2) is 4.99 Å². The van der Waals surface area contributed by atoms with E-state index in [2.05, 4.69) is 10.3 Å². The minimum absolute atomic E-state index is 0.154. The van der Waals surface area contributed by atoms with Gasteiger partial charge in [0.15, 0.2) is 11.5 Å². The third kappa shape index (κ3) is 7.82. The summed E-state index contributed by atoms with van der Waals surface area (Å²) in [5.74, 6) is 1.68. The number of aliphatic imine (C=N–C) groups is 1. The van der Waals surface area contributed by atoms with Crippen LogP contribution in [-0.4, -0.2) is 59.6 Å². The molecule has 0 saturated carbocycles. The molecule has 8 heteroatoms.